The highest BCUT2D eigenvalue weighted by Crippen LogP contribution is 2.44. The van der Waals surface area contributed by atoms with Gasteiger partial charge in [0, 0.05) is 43.5 Å². The maximum absolute atomic E-state index is 9.21. The van der Waals surface area contributed by atoms with Crippen molar-refractivity contribution in [1.29, 1.82) is 0 Å². The van der Waals surface area contributed by atoms with E-state index in [2.05, 4.69) is 36.8 Å². The zero-order chi connectivity index (χ0) is 11.8. The Morgan fingerprint density at radius 1 is 1.44 bits per heavy atom. The van der Waals surface area contributed by atoms with Gasteiger partial charge >= 0.3 is 0 Å². The van der Waals surface area contributed by atoms with Crippen LogP contribution in [0.3, 0.4) is 0 Å². The fraction of sp³-hybridized carbons (Fsp3) is 0.692. The molecular weight excluding hydrogens is 200 g/mol. The predicted octanol–water partition coefficient (Wildman–Crippen LogP) is 1.50. The van der Waals surface area contributed by atoms with Crippen LogP contribution in [0.25, 0.3) is 0 Å². The number of aryl methyl sites for hydroxylation is 1. The lowest BCUT2D eigenvalue weighted by Crippen LogP contribution is -2.26. The van der Waals surface area contributed by atoms with Gasteiger partial charge in [-0.3, -0.25) is 0 Å². The molecule has 3 nitrogen and oxygen atoms in total. The molecule has 3 heteroatoms. The summed E-state index contributed by atoms with van der Waals surface area (Å²) in [5.41, 5.74) is 4.21. The Labute approximate surface area is 97.5 Å². The maximum Gasteiger partial charge on any atom is 0.0499 e. The third kappa shape index (κ3) is 2.15. The number of nitrogens with zero attached hydrogens (tertiary/aromatic N) is 1. The summed E-state index contributed by atoms with van der Waals surface area (Å²) in [6.45, 7) is 6.47. The Kier molecular flexibility index (Phi) is 3.08. The van der Waals surface area contributed by atoms with Crippen LogP contribution in [0.1, 0.15) is 29.8 Å². The molecule has 0 aliphatic heterocycles. The van der Waals surface area contributed by atoms with Crippen molar-refractivity contribution in [3.8, 4) is 0 Å². The number of nitrogens with one attached hydrogen (secondary N) is 1. The molecule has 0 saturated heterocycles. The molecule has 2 rings (SSSR count). The van der Waals surface area contributed by atoms with Gasteiger partial charge in [0.1, 0.15) is 0 Å². The van der Waals surface area contributed by atoms with E-state index in [1.807, 2.05) is 0 Å². The molecule has 1 aromatic rings. The highest BCUT2D eigenvalue weighted by atomic mass is 16.3. The summed E-state index contributed by atoms with van der Waals surface area (Å²) in [5.74, 6) is 0. The Hall–Kier alpha value is -0.800. The number of hydrogen-bond donors (Lipinski definition) is 2. The first-order valence-electron chi connectivity index (χ1n) is 6.01. The van der Waals surface area contributed by atoms with Gasteiger partial charge in [0.15, 0.2) is 0 Å². The fourth-order valence-corrected chi connectivity index (χ4v) is 2.14. The Balaban J connectivity index is 1.88. The average Bonchev–Trinajstić information content (AvgIpc) is 3.01. The minimum atomic E-state index is 0.206. The van der Waals surface area contributed by atoms with Crippen LogP contribution in [-0.2, 0) is 13.6 Å². The van der Waals surface area contributed by atoms with Crippen LogP contribution in [0.2, 0.25) is 0 Å². The molecule has 1 aliphatic carbocycles. The van der Waals surface area contributed by atoms with Crippen molar-refractivity contribution in [2.75, 3.05) is 13.2 Å². The Morgan fingerprint density at radius 2 is 2.12 bits per heavy atom. The average molecular weight is 222 g/mol. The zero-order valence-corrected chi connectivity index (χ0v) is 10.5. The van der Waals surface area contributed by atoms with Gasteiger partial charge in [0.2, 0.25) is 0 Å². The van der Waals surface area contributed by atoms with Gasteiger partial charge in [0.25, 0.3) is 0 Å². The molecule has 1 saturated carbocycles. The van der Waals surface area contributed by atoms with E-state index in [0.29, 0.717) is 6.61 Å². The number of aromatic nitrogens is 1. The summed E-state index contributed by atoms with van der Waals surface area (Å²) in [4.78, 5) is 0. The van der Waals surface area contributed by atoms with Gasteiger partial charge in [-0.15, -0.1) is 0 Å². The van der Waals surface area contributed by atoms with Crippen LogP contribution in [-0.4, -0.2) is 22.8 Å². The van der Waals surface area contributed by atoms with Crippen molar-refractivity contribution in [2.45, 2.75) is 33.2 Å². The largest absolute Gasteiger partial charge is 0.396 e. The van der Waals surface area contributed by atoms with Gasteiger partial charge < -0.3 is 15.0 Å². The van der Waals surface area contributed by atoms with E-state index in [1.54, 1.807) is 0 Å². The summed E-state index contributed by atoms with van der Waals surface area (Å²) >= 11 is 0. The highest BCUT2D eigenvalue weighted by Gasteiger charge is 2.41. The molecule has 1 aromatic heterocycles. The van der Waals surface area contributed by atoms with Crippen molar-refractivity contribution in [1.82, 2.24) is 9.88 Å². The normalized spacial score (nSPS) is 17.8. The van der Waals surface area contributed by atoms with Gasteiger partial charge in [-0.1, -0.05) is 0 Å². The third-order valence-electron chi connectivity index (χ3n) is 3.99. The summed E-state index contributed by atoms with van der Waals surface area (Å²) in [7, 11) is 2.10. The highest BCUT2D eigenvalue weighted by molar-refractivity contribution is 5.26. The number of aliphatic hydroxyl groups is 1. The van der Waals surface area contributed by atoms with E-state index in [-0.39, 0.29) is 5.41 Å². The van der Waals surface area contributed by atoms with Crippen LogP contribution in [0, 0.1) is 19.3 Å². The standard InChI is InChI=1S/C13H22N2O/c1-10-6-12(11(2)15(10)3)7-14-8-13(9-16)4-5-13/h6,14,16H,4-5,7-9H2,1-3H3. The molecule has 0 aromatic carbocycles. The second kappa shape index (κ2) is 4.22. The van der Waals surface area contributed by atoms with Crippen molar-refractivity contribution in [3.05, 3.63) is 23.0 Å². The molecule has 90 valence electrons. The second-order valence-corrected chi connectivity index (χ2v) is 5.22. The van der Waals surface area contributed by atoms with Gasteiger partial charge in [0.05, 0.1) is 0 Å². The van der Waals surface area contributed by atoms with Gasteiger partial charge in [-0.2, -0.15) is 0 Å². The minimum Gasteiger partial charge on any atom is -0.396 e. The summed E-state index contributed by atoms with van der Waals surface area (Å²) in [6, 6.07) is 2.24. The number of aliphatic hydroxyl groups excluding tert-OH is 1. The first-order chi connectivity index (χ1) is 7.58. The smallest absolute Gasteiger partial charge is 0.0499 e. The van der Waals surface area contributed by atoms with Crippen LogP contribution >= 0.6 is 0 Å². The molecule has 0 unspecified atom stereocenters. The van der Waals surface area contributed by atoms with Crippen molar-refractivity contribution >= 4 is 0 Å². The first kappa shape index (κ1) is 11.7. The maximum atomic E-state index is 9.21. The molecule has 0 radical (unpaired) electrons. The molecule has 0 bridgehead atoms. The number of hydrogen-bond acceptors (Lipinski definition) is 2. The molecule has 0 amide bonds. The van der Waals surface area contributed by atoms with Gasteiger partial charge in [-0.25, -0.2) is 0 Å². The Morgan fingerprint density at radius 3 is 2.56 bits per heavy atom. The fourth-order valence-electron chi connectivity index (χ4n) is 2.14. The van der Waals surface area contributed by atoms with E-state index in [0.717, 1.165) is 13.1 Å². The molecule has 1 heterocycles. The van der Waals surface area contributed by atoms with E-state index < -0.39 is 0 Å². The van der Waals surface area contributed by atoms with Crippen LogP contribution in [0.4, 0.5) is 0 Å². The summed E-state index contributed by atoms with van der Waals surface area (Å²) < 4.78 is 2.22. The van der Waals surface area contributed by atoms with Crippen molar-refractivity contribution in [3.63, 3.8) is 0 Å². The van der Waals surface area contributed by atoms with E-state index in [4.69, 9.17) is 0 Å². The van der Waals surface area contributed by atoms with Crippen molar-refractivity contribution in [2.24, 2.45) is 12.5 Å². The summed E-state index contributed by atoms with van der Waals surface area (Å²) in [5, 5.41) is 12.7. The molecule has 2 N–H and O–H groups in total. The topological polar surface area (TPSA) is 37.2 Å². The van der Waals surface area contributed by atoms with Crippen LogP contribution < -0.4 is 5.32 Å². The lowest BCUT2D eigenvalue weighted by atomic mass is 10.1. The Bertz CT molecular complexity index is 378. The van der Waals surface area contributed by atoms with Crippen LogP contribution in [0.5, 0.6) is 0 Å². The molecule has 16 heavy (non-hydrogen) atoms. The van der Waals surface area contributed by atoms with Gasteiger partial charge in [-0.05, 0) is 38.3 Å². The molecular formula is C13H22N2O. The van der Waals surface area contributed by atoms with E-state index >= 15 is 0 Å². The lowest BCUT2D eigenvalue weighted by molar-refractivity contribution is 0.207. The summed E-state index contributed by atoms with van der Waals surface area (Å²) in [6.07, 6.45) is 2.34. The van der Waals surface area contributed by atoms with E-state index in [1.165, 1.54) is 29.8 Å². The van der Waals surface area contributed by atoms with Crippen LogP contribution in [0.15, 0.2) is 6.07 Å². The SMILES string of the molecule is Cc1cc(CNCC2(CO)CC2)c(C)n1C. The first-order valence-corrected chi connectivity index (χ1v) is 6.01. The quantitative estimate of drug-likeness (QED) is 0.792. The predicted molar refractivity (Wildman–Crippen MR) is 65.3 cm³/mol. The third-order valence-corrected chi connectivity index (χ3v) is 3.99. The second-order valence-electron chi connectivity index (χ2n) is 5.22. The monoisotopic (exact) mass is 222 g/mol. The molecule has 1 fully saturated rings. The number of rotatable bonds is 5. The minimum absolute atomic E-state index is 0.206. The lowest BCUT2D eigenvalue weighted by Gasteiger charge is -2.12. The van der Waals surface area contributed by atoms with E-state index in [9.17, 15) is 5.11 Å². The molecule has 0 atom stereocenters. The molecule has 0 spiro atoms. The van der Waals surface area contributed by atoms with Crippen molar-refractivity contribution < 1.29 is 5.11 Å². The molecule has 1 aliphatic rings. The zero-order valence-electron chi connectivity index (χ0n) is 10.5.